The topological polar surface area (TPSA) is 66.4 Å². The Morgan fingerprint density at radius 3 is 2.75 bits per heavy atom. The first-order chi connectivity index (χ1) is 11.9. The van der Waals surface area contributed by atoms with Gasteiger partial charge < -0.3 is 14.2 Å². The summed E-state index contributed by atoms with van der Waals surface area (Å²) in [6, 6.07) is 9.48. The van der Waals surface area contributed by atoms with E-state index in [-0.39, 0.29) is 6.10 Å². The van der Waals surface area contributed by atoms with Crippen molar-refractivity contribution < 1.29 is 14.2 Å². The van der Waals surface area contributed by atoms with E-state index in [1.54, 1.807) is 12.3 Å². The van der Waals surface area contributed by atoms with Crippen molar-refractivity contribution in [3.63, 3.8) is 0 Å². The fourth-order valence-corrected chi connectivity index (χ4v) is 2.65. The van der Waals surface area contributed by atoms with E-state index < -0.39 is 0 Å². The third-order valence-electron chi connectivity index (χ3n) is 3.91. The number of fused-ring (bicyclic) bond motifs is 1. The molecule has 0 atom stereocenters. The first-order valence-corrected chi connectivity index (χ1v) is 7.95. The number of benzene rings is 1. The van der Waals surface area contributed by atoms with Crippen LogP contribution in [-0.2, 0) is 4.74 Å². The lowest BCUT2D eigenvalue weighted by atomic mass is 10.2. The molecule has 0 N–H and O–H groups in total. The number of ether oxygens (including phenoxy) is 3. The van der Waals surface area contributed by atoms with Crippen LogP contribution in [0.1, 0.15) is 12.8 Å². The van der Waals surface area contributed by atoms with E-state index in [0.717, 1.165) is 36.8 Å². The Bertz CT molecular complexity index is 834. The van der Waals surface area contributed by atoms with Crippen molar-refractivity contribution in [3.05, 3.63) is 49.1 Å². The molecule has 0 radical (unpaired) electrons. The van der Waals surface area contributed by atoms with Crippen LogP contribution in [0, 0.1) is 0 Å². The molecule has 2 aromatic heterocycles. The average molecular weight is 323 g/mol. The molecular formula is C18H17N3O3. The highest BCUT2D eigenvalue weighted by molar-refractivity contribution is 5.82. The molecular weight excluding hydrogens is 306 g/mol. The maximum atomic E-state index is 5.88. The summed E-state index contributed by atoms with van der Waals surface area (Å²) in [5, 5.41) is 2.13. The van der Waals surface area contributed by atoms with Crippen molar-refractivity contribution >= 4 is 10.8 Å². The van der Waals surface area contributed by atoms with E-state index in [0.29, 0.717) is 17.5 Å². The standard InChI is InChI=1S/C18H17N3O3/c1-2-16(9-13-3-6-19-11-14(1)13)24-18-10-17(20-12-21-18)23-15-4-7-22-8-5-15/h1-3,6,9-12,15H,4-5,7-8H2. The lowest BCUT2D eigenvalue weighted by molar-refractivity contribution is 0.0236. The SMILES string of the molecule is c1cc2cc(Oc3cc(OC4CCOCC4)ncn3)ccc2cn1. The van der Waals surface area contributed by atoms with Gasteiger partial charge in [-0.3, -0.25) is 4.98 Å². The normalized spacial score (nSPS) is 15.3. The summed E-state index contributed by atoms with van der Waals surface area (Å²) >= 11 is 0. The van der Waals surface area contributed by atoms with Crippen molar-refractivity contribution in [2.45, 2.75) is 18.9 Å². The number of aromatic nitrogens is 3. The quantitative estimate of drug-likeness (QED) is 0.733. The van der Waals surface area contributed by atoms with Gasteiger partial charge in [-0.2, -0.15) is 0 Å². The minimum Gasteiger partial charge on any atom is -0.474 e. The van der Waals surface area contributed by atoms with E-state index in [1.165, 1.54) is 6.33 Å². The predicted molar refractivity (Wildman–Crippen MR) is 88.3 cm³/mol. The predicted octanol–water partition coefficient (Wildman–Crippen LogP) is 3.37. The van der Waals surface area contributed by atoms with Crippen molar-refractivity contribution in [3.8, 4) is 17.5 Å². The lowest BCUT2D eigenvalue weighted by Crippen LogP contribution is -2.26. The minimum absolute atomic E-state index is 0.134. The highest BCUT2D eigenvalue weighted by Crippen LogP contribution is 2.26. The molecule has 6 nitrogen and oxygen atoms in total. The number of rotatable bonds is 4. The molecule has 0 aliphatic carbocycles. The monoisotopic (exact) mass is 323 g/mol. The van der Waals surface area contributed by atoms with Crippen LogP contribution in [0.4, 0.5) is 0 Å². The zero-order chi connectivity index (χ0) is 16.2. The molecule has 0 spiro atoms. The summed E-state index contributed by atoms with van der Waals surface area (Å²) in [6.45, 7) is 1.45. The highest BCUT2D eigenvalue weighted by atomic mass is 16.5. The molecule has 24 heavy (non-hydrogen) atoms. The Morgan fingerprint density at radius 1 is 0.958 bits per heavy atom. The number of pyridine rings is 1. The van der Waals surface area contributed by atoms with Gasteiger partial charge in [0.25, 0.3) is 0 Å². The van der Waals surface area contributed by atoms with Gasteiger partial charge in [0.2, 0.25) is 11.8 Å². The molecule has 1 aliphatic rings. The third-order valence-corrected chi connectivity index (χ3v) is 3.91. The van der Waals surface area contributed by atoms with Crippen LogP contribution in [0.15, 0.2) is 49.1 Å². The van der Waals surface area contributed by atoms with Crippen molar-refractivity contribution in [1.29, 1.82) is 0 Å². The Morgan fingerprint density at radius 2 is 1.83 bits per heavy atom. The van der Waals surface area contributed by atoms with Crippen LogP contribution in [0.2, 0.25) is 0 Å². The second-order valence-electron chi connectivity index (χ2n) is 5.61. The van der Waals surface area contributed by atoms with Crippen LogP contribution in [0.3, 0.4) is 0 Å². The average Bonchev–Trinajstić information content (AvgIpc) is 2.63. The Labute approximate surface area is 139 Å². The summed E-state index contributed by atoms with van der Waals surface area (Å²) in [5.41, 5.74) is 0. The summed E-state index contributed by atoms with van der Waals surface area (Å²) in [6.07, 6.45) is 6.92. The van der Waals surface area contributed by atoms with Gasteiger partial charge in [0.05, 0.1) is 19.3 Å². The first-order valence-electron chi connectivity index (χ1n) is 7.95. The van der Waals surface area contributed by atoms with E-state index in [1.807, 2.05) is 30.5 Å². The molecule has 1 saturated heterocycles. The van der Waals surface area contributed by atoms with Gasteiger partial charge in [0.1, 0.15) is 18.2 Å². The number of hydrogen-bond acceptors (Lipinski definition) is 6. The Balaban J connectivity index is 1.50. The molecule has 6 heteroatoms. The summed E-state index contributed by atoms with van der Waals surface area (Å²) in [4.78, 5) is 12.4. The molecule has 0 unspecified atom stereocenters. The van der Waals surface area contributed by atoms with Gasteiger partial charge in [-0.25, -0.2) is 9.97 Å². The van der Waals surface area contributed by atoms with E-state index in [2.05, 4.69) is 15.0 Å². The van der Waals surface area contributed by atoms with E-state index in [4.69, 9.17) is 14.2 Å². The summed E-state index contributed by atoms with van der Waals surface area (Å²) < 4.78 is 17.1. The molecule has 3 aromatic rings. The zero-order valence-electron chi connectivity index (χ0n) is 13.1. The molecule has 4 rings (SSSR count). The molecule has 1 aliphatic heterocycles. The van der Waals surface area contributed by atoms with Crippen LogP contribution >= 0.6 is 0 Å². The number of nitrogens with zero attached hydrogens (tertiary/aromatic N) is 3. The smallest absolute Gasteiger partial charge is 0.226 e. The summed E-state index contributed by atoms with van der Waals surface area (Å²) in [5.74, 6) is 1.70. The molecule has 0 amide bonds. The summed E-state index contributed by atoms with van der Waals surface area (Å²) in [7, 11) is 0. The molecule has 1 fully saturated rings. The van der Waals surface area contributed by atoms with Crippen LogP contribution in [-0.4, -0.2) is 34.3 Å². The number of hydrogen-bond donors (Lipinski definition) is 0. The Hall–Kier alpha value is -2.73. The van der Waals surface area contributed by atoms with E-state index >= 15 is 0 Å². The van der Waals surface area contributed by atoms with E-state index in [9.17, 15) is 0 Å². The minimum atomic E-state index is 0.134. The fraction of sp³-hybridized carbons (Fsp3) is 0.278. The van der Waals surface area contributed by atoms with Gasteiger partial charge >= 0.3 is 0 Å². The third kappa shape index (κ3) is 3.44. The van der Waals surface area contributed by atoms with Crippen LogP contribution in [0.5, 0.6) is 17.5 Å². The maximum absolute atomic E-state index is 5.88. The highest BCUT2D eigenvalue weighted by Gasteiger charge is 2.16. The van der Waals surface area contributed by atoms with Crippen molar-refractivity contribution in [1.82, 2.24) is 15.0 Å². The van der Waals surface area contributed by atoms with Gasteiger partial charge in [-0.05, 0) is 29.7 Å². The molecule has 3 heterocycles. The second-order valence-corrected chi connectivity index (χ2v) is 5.61. The largest absolute Gasteiger partial charge is 0.474 e. The lowest BCUT2D eigenvalue weighted by Gasteiger charge is -2.22. The first kappa shape index (κ1) is 14.8. The van der Waals surface area contributed by atoms with Gasteiger partial charge in [0.15, 0.2) is 0 Å². The van der Waals surface area contributed by atoms with Gasteiger partial charge in [-0.1, -0.05) is 0 Å². The Kier molecular flexibility index (Phi) is 4.20. The van der Waals surface area contributed by atoms with Crippen LogP contribution in [0.25, 0.3) is 10.8 Å². The van der Waals surface area contributed by atoms with Gasteiger partial charge in [0, 0.05) is 30.6 Å². The van der Waals surface area contributed by atoms with Crippen LogP contribution < -0.4 is 9.47 Å². The maximum Gasteiger partial charge on any atom is 0.226 e. The zero-order valence-corrected chi connectivity index (χ0v) is 13.1. The second kappa shape index (κ2) is 6.80. The molecule has 1 aromatic carbocycles. The van der Waals surface area contributed by atoms with Gasteiger partial charge in [-0.15, -0.1) is 0 Å². The van der Waals surface area contributed by atoms with Crippen molar-refractivity contribution in [2.75, 3.05) is 13.2 Å². The molecule has 122 valence electrons. The molecule has 0 bridgehead atoms. The van der Waals surface area contributed by atoms with Crippen molar-refractivity contribution in [2.24, 2.45) is 0 Å². The fourth-order valence-electron chi connectivity index (χ4n) is 2.65. The molecule has 0 saturated carbocycles.